The van der Waals surface area contributed by atoms with Crippen LogP contribution in [-0.4, -0.2) is 25.6 Å². The van der Waals surface area contributed by atoms with Gasteiger partial charge in [0.15, 0.2) is 0 Å². The second kappa shape index (κ2) is 8.88. The van der Waals surface area contributed by atoms with Gasteiger partial charge in [-0.3, -0.25) is 4.79 Å². The molecule has 2 N–H and O–H groups in total. The minimum Gasteiger partial charge on any atom is -0.326 e. The van der Waals surface area contributed by atoms with E-state index in [1.165, 1.54) is 0 Å². The molecule has 1 aliphatic carbocycles. The van der Waals surface area contributed by atoms with Crippen LogP contribution in [0, 0.1) is 5.92 Å². The summed E-state index contributed by atoms with van der Waals surface area (Å²) in [5, 5.41) is 2.56. The minimum absolute atomic E-state index is 0.0117. The van der Waals surface area contributed by atoms with E-state index in [-0.39, 0.29) is 17.9 Å². The fourth-order valence-corrected chi connectivity index (χ4v) is 4.44. The van der Waals surface area contributed by atoms with Crippen LogP contribution >= 0.6 is 0 Å². The Morgan fingerprint density at radius 2 is 1.46 bits per heavy atom. The highest BCUT2D eigenvalue weighted by atomic mass is 32.2. The first kappa shape index (κ1) is 20.6. The van der Waals surface area contributed by atoms with Gasteiger partial charge in [-0.15, -0.1) is 0 Å². The molecule has 1 saturated carbocycles. The summed E-state index contributed by atoms with van der Waals surface area (Å²) >= 11 is 0. The van der Waals surface area contributed by atoms with E-state index in [2.05, 4.69) is 22.2 Å². The average Bonchev–Trinajstić information content (AvgIpc) is 2.69. The van der Waals surface area contributed by atoms with E-state index in [4.69, 9.17) is 0 Å². The maximum absolute atomic E-state index is 12.6. The summed E-state index contributed by atoms with van der Waals surface area (Å²) < 4.78 is 26.8. The van der Waals surface area contributed by atoms with Crippen molar-refractivity contribution in [2.45, 2.75) is 50.8 Å². The predicted molar refractivity (Wildman–Crippen MR) is 113 cm³/mol. The van der Waals surface area contributed by atoms with Crippen LogP contribution in [0.4, 0.5) is 5.69 Å². The molecule has 1 fully saturated rings. The molecule has 0 atom stereocenters. The van der Waals surface area contributed by atoms with Crippen LogP contribution in [0.15, 0.2) is 54.6 Å². The van der Waals surface area contributed by atoms with Gasteiger partial charge in [0.2, 0.25) is 15.9 Å². The maximum atomic E-state index is 12.6. The van der Waals surface area contributed by atoms with E-state index in [1.807, 2.05) is 42.5 Å². The molecule has 0 aliphatic heterocycles. The van der Waals surface area contributed by atoms with Crippen LogP contribution < -0.4 is 10.0 Å². The molecule has 2 aromatic rings. The monoisotopic (exact) mass is 400 g/mol. The third-order valence-electron chi connectivity index (χ3n) is 5.31. The summed E-state index contributed by atoms with van der Waals surface area (Å²) in [6.07, 6.45) is 2.77. The summed E-state index contributed by atoms with van der Waals surface area (Å²) in [5.41, 5.74) is 3.03. The average molecular weight is 401 g/mol. The smallest absolute Gasteiger partial charge is 0.227 e. The molecule has 0 radical (unpaired) electrons. The van der Waals surface area contributed by atoms with Crippen LogP contribution in [-0.2, 0) is 14.8 Å². The zero-order chi connectivity index (χ0) is 20.1. The topological polar surface area (TPSA) is 75.3 Å². The van der Waals surface area contributed by atoms with Crippen molar-refractivity contribution in [3.8, 4) is 11.1 Å². The van der Waals surface area contributed by atoms with Crippen molar-refractivity contribution in [1.82, 2.24) is 4.72 Å². The first-order chi connectivity index (χ1) is 13.3. The van der Waals surface area contributed by atoms with Crippen LogP contribution in [0.1, 0.15) is 39.5 Å². The molecule has 0 spiro atoms. The van der Waals surface area contributed by atoms with Gasteiger partial charge in [0.1, 0.15) is 0 Å². The lowest BCUT2D eigenvalue weighted by Gasteiger charge is -2.28. The van der Waals surface area contributed by atoms with Crippen LogP contribution in [0.5, 0.6) is 0 Å². The molecular weight excluding hydrogens is 372 g/mol. The zero-order valence-electron chi connectivity index (χ0n) is 16.4. The number of sulfonamides is 1. The molecule has 0 bridgehead atoms. The summed E-state index contributed by atoms with van der Waals surface area (Å²) in [6, 6.07) is 17.9. The van der Waals surface area contributed by atoms with Gasteiger partial charge in [-0.05, 0) is 62.8 Å². The second-order valence-corrected chi connectivity index (χ2v) is 9.96. The standard InChI is InChI=1S/C22H28N2O3S/c1-16(2)28(26,27)24-21-14-10-19(11-15-21)22(25)23-20-12-8-18(9-13-20)17-6-4-3-5-7-17/h3-9,12-13,16,19,21,24H,10-11,14-15H2,1-2H3,(H,23,25). The number of carbonyl (C=O) groups excluding carboxylic acids is 1. The van der Waals surface area contributed by atoms with E-state index in [0.717, 1.165) is 16.8 Å². The highest BCUT2D eigenvalue weighted by Crippen LogP contribution is 2.27. The highest BCUT2D eigenvalue weighted by molar-refractivity contribution is 7.90. The third-order valence-corrected chi connectivity index (χ3v) is 7.21. The Morgan fingerprint density at radius 1 is 0.893 bits per heavy atom. The summed E-state index contributed by atoms with van der Waals surface area (Å²) in [4.78, 5) is 12.6. The molecule has 5 nitrogen and oxygen atoms in total. The lowest BCUT2D eigenvalue weighted by Crippen LogP contribution is -2.42. The number of rotatable bonds is 6. The quantitative estimate of drug-likeness (QED) is 0.764. The van der Waals surface area contributed by atoms with Crippen LogP contribution in [0.2, 0.25) is 0 Å². The van der Waals surface area contributed by atoms with Gasteiger partial charge in [-0.2, -0.15) is 0 Å². The van der Waals surface area contributed by atoms with Gasteiger partial charge in [0.05, 0.1) is 5.25 Å². The van der Waals surface area contributed by atoms with Crippen molar-refractivity contribution in [2.75, 3.05) is 5.32 Å². The van der Waals surface area contributed by atoms with Crippen molar-refractivity contribution < 1.29 is 13.2 Å². The van der Waals surface area contributed by atoms with E-state index in [0.29, 0.717) is 25.7 Å². The maximum Gasteiger partial charge on any atom is 0.227 e. The van der Waals surface area contributed by atoms with Gasteiger partial charge in [-0.1, -0.05) is 42.5 Å². The van der Waals surface area contributed by atoms with Crippen molar-refractivity contribution >= 4 is 21.6 Å². The van der Waals surface area contributed by atoms with Gasteiger partial charge in [-0.25, -0.2) is 13.1 Å². The number of carbonyl (C=O) groups is 1. The molecule has 0 unspecified atom stereocenters. The van der Waals surface area contributed by atoms with Gasteiger partial charge in [0, 0.05) is 17.6 Å². The highest BCUT2D eigenvalue weighted by Gasteiger charge is 2.29. The first-order valence-electron chi connectivity index (χ1n) is 9.82. The largest absolute Gasteiger partial charge is 0.326 e. The Morgan fingerprint density at radius 3 is 2.04 bits per heavy atom. The number of amides is 1. The van der Waals surface area contributed by atoms with Crippen molar-refractivity contribution in [3.05, 3.63) is 54.6 Å². The number of nitrogens with one attached hydrogen (secondary N) is 2. The molecule has 1 aliphatic rings. The lowest BCUT2D eigenvalue weighted by atomic mass is 9.86. The van der Waals surface area contributed by atoms with E-state index in [1.54, 1.807) is 13.8 Å². The molecule has 6 heteroatoms. The van der Waals surface area contributed by atoms with Gasteiger partial charge < -0.3 is 5.32 Å². The van der Waals surface area contributed by atoms with E-state index in [9.17, 15) is 13.2 Å². The molecule has 150 valence electrons. The number of hydrogen-bond acceptors (Lipinski definition) is 3. The molecule has 2 aromatic carbocycles. The molecular formula is C22H28N2O3S. The zero-order valence-corrected chi connectivity index (χ0v) is 17.2. The van der Waals surface area contributed by atoms with Gasteiger partial charge in [0.25, 0.3) is 0 Å². The fourth-order valence-electron chi connectivity index (χ4n) is 3.46. The lowest BCUT2D eigenvalue weighted by molar-refractivity contribution is -0.120. The number of anilines is 1. The van der Waals surface area contributed by atoms with Crippen LogP contribution in [0.25, 0.3) is 11.1 Å². The summed E-state index contributed by atoms with van der Waals surface area (Å²) in [5.74, 6) is -0.0637. The van der Waals surface area contributed by atoms with E-state index >= 15 is 0 Å². The summed E-state index contributed by atoms with van der Waals surface area (Å²) in [6.45, 7) is 3.34. The molecule has 1 amide bonds. The second-order valence-electron chi connectivity index (χ2n) is 7.69. The minimum atomic E-state index is -3.26. The molecule has 0 aromatic heterocycles. The van der Waals surface area contributed by atoms with E-state index < -0.39 is 15.3 Å². The Labute approximate surface area is 167 Å². The third kappa shape index (κ3) is 5.20. The van der Waals surface area contributed by atoms with Crippen molar-refractivity contribution in [1.29, 1.82) is 0 Å². The normalized spacial score (nSPS) is 20.1. The first-order valence-corrected chi connectivity index (χ1v) is 11.4. The summed E-state index contributed by atoms with van der Waals surface area (Å²) in [7, 11) is -3.26. The van der Waals surface area contributed by atoms with Crippen molar-refractivity contribution in [3.63, 3.8) is 0 Å². The predicted octanol–water partition coefficient (Wildman–Crippen LogP) is 4.18. The van der Waals surface area contributed by atoms with Crippen LogP contribution in [0.3, 0.4) is 0 Å². The Balaban J connectivity index is 1.52. The molecule has 28 heavy (non-hydrogen) atoms. The fraction of sp³-hybridized carbons (Fsp3) is 0.409. The SMILES string of the molecule is CC(C)S(=O)(=O)NC1CCC(C(=O)Nc2ccc(-c3ccccc3)cc2)CC1. The number of hydrogen-bond donors (Lipinski definition) is 2. The molecule has 0 heterocycles. The van der Waals surface area contributed by atoms with Gasteiger partial charge >= 0.3 is 0 Å². The number of benzene rings is 2. The van der Waals surface area contributed by atoms with Crippen molar-refractivity contribution in [2.24, 2.45) is 5.92 Å². The Hall–Kier alpha value is -2.18. The Bertz CT molecular complexity index is 885. The molecule has 0 saturated heterocycles. The molecule has 3 rings (SSSR count). The Kier molecular flexibility index (Phi) is 6.52.